The number of amides is 1. The summed E-state index contributed by atoms with van der Waals surface area (Å²) in [6.45, 7) is 0. The van der Waals surface area contributed by atoms with E-state index in [2.05, 4.69) is 23.1 Å². The molecule has 0 aliphatic heterocycles. The van der Waals surface area contributed by atoms with Crippen LogP contribution in [-0.2, 0) is 4.79 Å². The highest BCUT2D eigenvalue weighted by Gasteiger charge is 2.22. The number of hydrogen-bond donors (Lipinski definition) is 2. The van der Waals surface area contributed by atoms with Crippen LogP contribution in [0.4, 0.5) is 5.69 Å². The Morgan fingerprint density at radius 1 is 0.846 bits per heavy atom. The van der Waals surface area contributed by atoms with E-state index in [9.17, 15) is 10.0 Å². The lowest BCUT2D eigenvalue weighted by molar-refractivity contribution is -0.129. The molecule has 2 N–H and O–H groups in total. The molecule has 3 aromatic rings. The van der Waals surface area contributed by atoms with Gasteiger partial charge in [0.1, 0.15) is 0 Å². The molecule has 0 aromatic heterocycles. The number of carbonyl (C=O) groups is 1. The van der Waals surface area contributed by atoms with Crippen molar-refractivity contribution >= 4 is 11.6 Å². The minimum absolute atomic E-state index is 0.449. The maximum atomic E-state index is 12.3. The van der Waals surface area contributed by atoms with Gasteiger partial charge in [0, 0.05) is 19.8 Å². The molecule has 4 nitrogen and oxygen atoms in total. The van der Waals surface area contributed by atoms with Gasteiger partial charge in [-0.15, -0.1) is 0 Å². The summed E-state index contributed by atoms with van der Waals surface area (Å²) in [7, 11) is 4.01. The van der Waals surface area contributed by atoms with Gasteiger partial charge in [0.15, 0.2) is 0 Å². The van der Waals surface area contributed by atoms with Crippen molar-refractivity contribution < 1.29 is 10.0 Å². The van der Waals surface area contributed by atoms with E-state index in [-0.39, 0.29) is 0 Å². The van der Waals surface area contributed by atoms with Gasteiger partial charge < -0.3 is 4.90 Å². The van der Waals surface area contributed by atoms with Crippen LogP contribution in [0.1, 0.15) is 17.0 Å². The lowest BCUT2D eigenvalue weighted by Crippen LogP contribution is -2.27. The molecule has 0 spiro atoms. The zero-order chi connectivity index (χ0) is 18.5. The van der Waals surface area contributed by atoms with E-state index >= 15 is 0 Å². The summed E-state index contributed by atoms with van der Waals surface area (Å²) in [5.41, 5.74) is 6.68. The lowest BCUT2D eigenvalue weighted by Gasteiger charge is -2.17. The van der Waals surface area contributed by atoms with Crippen LogP contribution in [0.3, 0.4) is 0 Å². The van der Waals surface area contributed by atoms with E-state index in [0.29, 0.717) is 0 Å². The molecule has 0 saturated carbocycles. The van der Waals surface area contributed by atoms with E-state index in [1.165, 1.54) is 0 Å². The third kappa shape index (κ3) is 3.76. The van der Waals surface area contributed by atoms with Crippen molar-refractivity contribution in [1.29, 1.82) is 0 Å². The van der Waals surface area contributed by atoms with Gasteiger partial charge >= 0.3 is 0 Å². The third-order valence-corrected chi connectivity index (χ3v) is 4.42. The minimum Gasteiger partial charge on any atom is -0.378 e. The Morgan fingerprint density at radius 3 is 2.12 bits per heavy atom. The molecular formula is C22H22N2O2. The average Bonchev–Trinajstić information content (AvgIpc) is 2.69. The molecule has 3 rings (SSSR count). The van der Waals surface area contributed by atoms with E-state index in [0.717, 1.165) is 27.9 Å². The molecule has 0 heterocycles. The predicted octanol–water partition coefficient (Wildman–Crippen LogP) is 4.06. The highest BCUT2D eigenvalue weighted by molar-refractivity contribution is 5.86. The fourth-order valence-corrected chi connectivity index (χ4v) is 3.07. The first kappa shape index (κ1) is 17.7. The van der Waals surface area contributed by atoms with Crippen molar-refractivity contribution in [3.8, 4) is 11.1 Å². The zero-order valence-electron chi connectivity index (χ0n) is 14.9. The van der Waals surface area contributed by atoms with Crippen molar-refractivity contribution in [3.63, 3.8) is 0 Å². The third-order valence-electron chi connectivity index (χ3n) is 4.42. The summed E-state index contributed by atoms with van der Waals surface area (Å²) in [6.07, 6.45) is 0. The van der Waals surface area contributed by atoms with E-state index < -0.39 is 11.8 Å². The minimum atomic E-state index is -0.571. The zero-order valence-corrected chi connectivity index (χ0v) is 14.9. The Balaban J connectivity index is 2.04. The van der Waals surface area contributed by atoms with Crippen LogP contribution < -0.4 is 10.4 Å². The van der Waals surface area contributed by atoms with Crippen molar-refractivity contribution in [2.45, 2.75) is 5.92 Å². The first-order valence-electron chi connectivity index (χ1n) is 8.47. The maximum absolute atomic E-state index is 12.3. The van der Waals surface area contributed by atoms with Crippen LogP contribution in [0, 0.1) is 0 Å². The largest absolute Gasteiger partial charge is 0.378 e. The Labute approximate surface area is 153 Å². The molecule has 0 saturated heterocycles. The SMILES string of the molecule is CN(C)c1cccc(-c2cccc(C(C(=O)NO)c3ccccc3)c2)c1. The molecule has 0 radical (unpaired) electrons. The molecule has 132 valence electrons. The second-order valence-electron chi connectivity index (χ2n) is 6.39. The summed E-state index contributed by atoms with van der Waals surface area (Å²) in [4.78, 5) is 14.4. The molecule has 1 amide bonds. The van der Waals surface area contributed by atoms with Crippen molar-refractivity contribution in [1.82, 2.24) is 5.48 Å². The number of anilines is 1. The molecule has 1 atom stereocenters. The predicted molar refractivity (Wildman–Crippen MR) is 104 cm³/mol. The molecular weight excluding hydrogens is 324 g/mol. The fourth-order valence-electron chi connectivity index (χ4n) is 3.07. The number of rotatable bonds is 5. The average molecular weight is 346 g/mol. The summed E-state index contributed by atoms with van der Waals surface area (Å²) in [6, 6.07) is 25.6. The van der Waals surface area contributed by atoms with Gasteiger partial charge in [-0.05, 0) is 34.4 Å². The molecule has 3 aromatic carbocycles. The second kappa shape index (κ2) is 7.85. The Hall–Kier alpha value is -3.11. The van der Waals surface area contributed by atoms with Gasteiger partial charge in [0.05, 0.1) is 5.92 Å². The number of nitrogens with one attached hydrogen (secondary N) is 1. The summed E-state index contributed by atoms with van der Waals surface area (Å²) in [5.74, 6) is -1.02. The Bertz CT molecular complexity index is 891. The van der Waals surface area contributed by atoms with E-state index in [1.807, 2.05) is 74.8 Å². The highest BCUT2D eigenvalue weighted by Crippen LogP contribution is 2.30. The van der Waals surface area contributed by atoms with Gasteiger partial charge in [0.25, 0.3) is 5.91 Å². The normalized spacial score (nSPS) is 11.7. The maximum Gasteiger partial charge on any atom is 0.255 e. The molecule has 0 aliphatic carbocycles. The van der Waals surface area contributed by atoms with Crippen molar-refractivity contribution in [3.05, 3.63) is 90.0 Å². The van der Waals surface area contributed by atoms with Crippen LogP contribution in [0.25, 0.3) is 11.1 Å². The van der Waals surface area contributed by atoms with E-state index in [4.69, 9.17) is 0 Å². The Kier molecular flexibility index (Phi) is 5.34. The molecule has 0 aliphatic rings. The Morgan fingerprint density at radius 2 is 1.46 bits per heavy atom. The van der Waals surface area contributed by atoms with Crippen LogP contribution in [-0.4, -0.2) is 25.2 Å². The van der Waals surface area contributed by atoms with Gasteiger partial charge in [-0.1, -0.05) is 66.7 Å². The second-order valence-corrected chi connectivity index (χ2v) is 6.39. The van der Waals surface area contributed by atoms with Crippen LogP contribution >= 0.6 is 0 Å². The molecule has 1 unspecified atom stereocenters. The summed E-state index contributed by atoms with van der Waals surface area (Å²) < 4.78 is 0. The van der Waals surface area contributed by atoms with Crippen molar-refractivity contribution in [2.24, 2.45) is 0 Å². The van der Waals surface area contributed by atoms with Crippen LogP contribution in [0.2, 0.25) is 0 Å². The van der Waals surface area contributed by atoms with Gasteiger partial charge in [-0.25, -0.2) is 5.48 Å². The number of carbonyl (C=O) groups excluding carboxylic acids is 1. The standard InChI is InChI=1S/C22H22N2O2/c1-24(2)20-13-7-11-18(15-20)17-10-6-12-19(14-17)21(22(25)23-26)16-8-4-3-5-9-16/h3-15,21,26H,1-2H3,(H,23,25). The fraction of sp³-hybridized carbons (Fsp3) is 0.136. The molecule has 4 heteroatoms. The van der Waals surface area contributed by atoms with Crippen LogP contribution in [0.15, 0.2) is 78.9 Å². The smallest absolute Gasteiger partial charge is 0.255 e. The van der Waals surface area contributed by atoms with Gasteiger partial charge in [0.2, 0.25) is 0 Å². The number of hydrogen-bond acceptors (Lipinski definition) is 3. The quantitative estimate of drug-likeness (QED) is 0.541. The number of benzene rings is 3. The first-order chi connectivity index (χ1) is 12.6. The summed E-state index contributed by atoms with van der Waals surface area (Å²) >= 11 is 0. The van der Waals surface area contributed by atoms with E-state index in [1.54, 1.807) is 5.48 Å². The van der Waals surface area contributed by atoms with Gasteiger partial charge in [-0.2, -0.15) is 0 Å². The molecule has 0 fully saturated rings. The van der Waals surface area contributed by atoms with Crippen molar-refractivity contribution in [2.75, 3.05) is 19.0 Å². The summed E-state index contributed by atoms with van der Waals surface area (Å²) in [5, 5.41) is 9.21. The number of nitrogens with zero attached hydrogens (tertiary/aromatic N) is 1. The monoisotopic (exact) mass is 346 g/mol. The molecule has 0 bridgehead atoms. The van der Waals surface area contributed by atoms with Crippen LogP contribution in [0.5, 0.6) is 0 Å². The first-order valence-corrected chi connectivity index (χ1v) is 8.47. The topological polar surface area (TPSA) is 52.6 Å². The highest BCUT2D eigenvalue weighted by atomic mass is 16.5. The lowest BCUT2D eigenvalue weighted by atomic mass is 9.89. The molecule has 26 heavy (non-hydrogen) atoms. The number of hydroxylamine groups is 1. The van der Waals surface area contributed by atoms with Gasteiger partial charge in [-0.3, -0.25) is 10.0 Å².